The molecule has 1 aliphatic carbocycles. The Bertz CT molecular complexity index is 693. The fraction of sp³-hybridized carbons (Fsp3) is 0.353. The topological polar surface area (TPSA) is 48.0 Å². The second-order valence-electron chi connectivity index (χ2n) is 5.48. The Balaban J connectivity index is 1.52. The highest BCUT2D eigenvalue weighted by molar-refractivity contribution is 7.99. The minimum atomic E-state index is 0.0201. The third-order valence-corrected chi connectivity index (χ3v) is 4.97. The van der Waals surface area contributed by atoms with Gasteiger partial charge in [-0.2, -0.15) is 0 Å². The molecule has 0 bridgehead atoms. The Morgan fingerprint density at radius 1 is 1.14 bits per heavy atom. The van der Waals surface area contributed by atoms with Gasteiger partial charge in [0.15, 0.2) is 0 Å². The molecule has 2 N–H and O–H groups in total. The van der Waals surface area contributed by atoms with Crippen molar-refractivity contribution in [2.45, 2.75) is 37.1 Å². The number of nitrogens with zero attached hydrogens (tertiary/aromatic N) is 1. The van der Waals surface area contributed by atoms with Crippen LogP contribution in [0.2, 0.25) is 0 Å². The average molecular weight is 300 g/mol. The first-order valence-corrected chi connectivity index (χ1v) is 8.41. The monoisotopic (exact) mass is 300 g/mol. The van der Waals surface area contributed by atoms with Crippen LogP contribution in [-0.2, 0) is 19.4 Å². The highest BCUT2D eigenvalue weighted by atomic mass is 32.2. The lowest BCUT2D eigenvalue weighted by atomic mass is 10.1. The van der Waals surface area contributed by atoms with Crippen molar-refractivity contribution in [1.82, 2.24) is 4.57 Å². The molecule has 21 heavy (non-hydrogen) atoms. The summed E-state index contributed by atoms with van der Waals surface area (Å²) in [5, 5.41) is 0. The average Bonchev–Trinajstić information content (AvgIpc) is 2.94. The normalized spacial score (nSPS) is 13.3. The fourth-order valence-electron chi connectivity index (χ4n) is 2.79. The van der Waals surface area contributed by atoms with E-state index in [0.29, 0.717) is 5.69 Å². The van der Waals surface area contributed by atoms with E-state index in [1.54, 1.807) is 16.8 Å². The molecule has 0 amide bonds. The Labute approximate surface area is 129 Å². The van der Waals surface area contributed by atoms with Crippen LogP contribution in [0.1, 0.15) is 24.0 Å². The SMILES string of the molecule is Nc1ccc(=O)n(CCCSc2ccc3c(c2)CCC3)c1. The first-order valence-electron chi connectivity index (χ1n) is 7.43. The number of nitrogens with two attached hydrogens (primary N) is 1. The summed E-state index contributed by atoms with van der Waals surface area (Å²) in [4.78, 5) is 13.0. The molecular weight excluding hydrogens is 280 g/mol. The number of fused-ring (bicyclic) bond motifs is 1. The van der Waals surface area contributed by atoms with Gasteiger partial charge in [0.25, 0.3) is 5.56 Å². The molecule has 0 saturated heterocycles. The smallest absolute Gasteiger partial charge is 0.250 e. The molecule has 1 aromatic heterocycles. The minimum absolute atomic E-state index is 0.0201. The highest BCUT2D eigenvalue weighted by Crippen LogP contribution is 2.27. The molecule has 1 aromatic carbocycles. The lowest BCUT2D eigenvalue weighted by Gasteiger charge is -2.07. The maximum absolute atomic E-state index is 11.7. The molecule has 0 unspecified atom stereocenters. The quantitative estimate of drug-likeness (QED) is 0.682. The van der Waals surface area contributed by atoms with E-state index in [1.807, 2.05) is 11.8 Å². The molecule has 3 nitrogen and oxygen atoms in total. The van der Waals surface area contributed by atoms with Gasteiger partial charge >= 0.3 is 0 Å². The van der Waals surface area contributed by atoms with Crippen LogP contribution in [0.4, 0.5) is 5.69 Å². The Kier molecular flexibility index (Phi) is 4.34. The van der Waals surface area contributed by atoms with Crippen molar-refractivity contribution in [2.75, 3.05) is 11.5 Å². The predicted octanol–water partition coefficient (Wildman–Crippen LogP) is 3.10. The number of anilines is 1. The van der Waals surface area contributed by atoms with Crippen LogP contribution in [0.25, 0.3) is 0 Å². The summed E-state index contributed by atoms with van der Waals surface area (Å²) < 4.78 is 1.69. The number of hydrogen-bond donors (Lipinski definition) is 1. The van der Waals surface area contributed by atoms with Gasteiger partial charge < -0.3 is 10.3 Å². The lowest BCUT2D eigenvalue weighted by molar-refractivity contribution is 0.660. The van der Waals surface area contributed by atoms with Crippen LogP contribution in [0.15, 0.2) is 46.2 Å². The Hall–Kier alpha value is -1.68. The molecule has 0 spiro atoms. The number of benzene rings is 1. The molecule has 0 saturated carbocycles. The maximum Gasteiger partial charge on any atom is 0.250 e. The molecule has 1 aliphatic rings. The van der Waals surface area contributed by atoms with E-state index >= 15 is 0 Å². The zero-order valence-electron chi connectivity index (χ0n) is 12.0. The van der Waals surface area contributed by atoms with Crippen molar-refractivity contribution in [3.05, 3.63) is 58.0 Å². The van der Waals surface area contributed by atoms with Gasteiger partial charge in [-0.25, -0.2) is 0 Å². The molecule has 0 aliphatic heterocycles. The van der Waals surface area contributed by atoms with E-state index < -0.39 is 0 Å². The van der Waals surface area contributed by atoms with Gasteiger partial charge in [0, 0.05) is 29.4 Å². The summed E-state index contributed by atoms with van der Waals surface area (Å²) in [6.07, 6.45) is 6.44. The number of hydrogen-bond acceptors (Lipinski definition) is 3. The van der Waals surface area contributed by atoms with Crippen molar-refractivity contribution in [1.29, 1.82) is 0 Å². The third-order valence-electron chi connectivity index (χ3n) is 3.89. The third kappa shape index (κ3) is 3.50. The fourth-order valence-corrected chi connectivity index (χ4v) is 3.69. The lowest BCUT2D eigenvalue weighted by Crippen LogP contribution is -2.19. The van der Waals surface area contributed by atoms with E-state index in [-0.39, 0.29) is 5.56 Å². The first kappa shape index (κ1) is 14.3. The zero-order valence-corrected chi connectivity index (χ0v) is 12.9. The molecule has 110 valence electrons. The molecular formula is C17H20N2OS. The molecule has 1 heterocycles. The van der Waals surface area contributed by atoms with Crippen LogP contribution in [0.3, 0.4) is 0 Å². The van der Waals surface area contributed by atoms with Crippen molar-refractivity contribution in [3.63, 3.8) is 0 Å². The number of pyridine rings is 1. The summed E-state index contributed by atoms with van der Waals surface area (Å²) in [6, 6.07) is 10.0. The second-order valence-corrected chi connectivity index (χ2v) is 6.65. The molecule has 0 fully saturated rings. The summed E-state index contributed by atoms with van der Waals surface area (Å²) in [7, 11) is 0. The number of nitrogen functional groups attached to an aromatic ring is 1. The van der Waals surface area contributed by atoms with E-state index in [1.165, 1.54) is 41.4 Å². The molecule has 0 radical (unpaired) electrons. The van der Waals surface area contributed by atoms with Crippen molar-refractivity contribution < 1.29 is 0 Å². The largest absolute Gasteiger partial charge is 0.398 e. The Morgan fingerprint density at radius 2 is 2.00 bits per heavy atom. The van der Waals surface area contributed by atoms with E-state index in [2.05, 4.69) is 18.2 Å². The van der Waals surface area contributed by atoms with E-state index in [9.17, 15) is 4.79 Å². The standard InChI is InChI=1S/C17H20N2OS/c18-15-6-8-17(20)19(12-15)9-2-10-21-16-7-5-13-3-1-4-14(13)11-16/h5-8,11-12H,1-4,9-10,18H2. The van der Waals surface area contributed by atoms with Gasteiger partial charge in [-0.15, -0.1) is 11.8 Å². The molecule has 2 aromatic rings. The number of thioether (sulfide) groups is 1. The van der Waals surface area contributed by atoms with Crippen molar-refractivity contribution >= 4 is 17.4 Å². The van der Waals surface area contributed by atoms with Gasteiger partial charge in [-0.3, -0.25) is 4.79 Å². The summed E-state index contributed by atoms with van der Waals surface area (Å²) in [5.41, 5.74) is 9.41. The molecule has 3 rings (SSSR count). The van der Waals surface area contributed by atoms with Gasteiger partial charge in [0.2, 0.25) is 0 Å². The van der Waals surface area contributed by atoms with Gasteiger partial charge in [-0.1, -0.05) is 6.07 Å². The zero-order chi connectivity index (χ0) is 14.7. The molecule has 0 atom stereocenters. The van der Waals surface area contributed by atoms with Gasteiger partial charge in [-0.05, 0) is 60.8 Å². The Morgan fingerprint density at radius 3 is 2.90 bits per heavy atom. The number of rotatable bonds is 5. The van der Waals surface area contributed by atoms with E-state index in [0.717, 1.165) is 18.7 Å². The van der Waals surface area contributed by atoms with Crippen molar-refractivity contribution in [2.24, 2.45) is 0 Å². The highest BCUT2D eigenvalue weighted by Gasteiger charge is 2.10. The number of aromatic nitrogens is 1. The van der Waals surface area contributed by atoms with E-state index in [4.69, 9.17) is 5.73 Å². The van der Waals surface area contributed by atoms with Crippen LogP contribution in [0.5, 0.6) is 0 Å². The van der Waals surface area contributed by atoms with Gasteiger partial charge in [0.1, 0.15) is 0 Å². The van der Waals surface area contributed by atoms with Crippen LogP contribution in [0, 0.1) is 0 Å². The maximum atomic E-state index is 11.7. The minimum Gasteiger partial charge on any atom is -0.398 e. The first-order chi connectivity index (χ1) is 10.2. The van der Waals surface area contributed by atoms with Crippen LogP contribution < -0.4 is 11.3 Å². The summed E-state index contributed by atoms with van der Waals surface area (Å²) in [6.45, 7) is 0.724. The van der Waals surface area contributed by atoms with Crippen LogP contribution in [-0.4, -0.2) is 10.3 Å². The molecule has 4 heteroatoms. The van der Waals surface area contributed by atoms with Crippen LogP contribution >= 0.6 is 11.8 Å². The summed E-state index contributed by atoms with van der Waals surface area (Å²) in [5.74, 6) is 1.01. The van der Waals surface area contributed by atoms with Gasteiger partial charge in [0.05, 0.1) is 0 Å². The second kappa shape index (κ2) is 6.39. The number of aryl methyl sites for hydroxylation is 3. The van der Waals surface area contributed by atoms with Crippen molar-refractivity contribution in [3.8, 4) is 0 Å². The summed E-state index contributed by atoms with van der Waals surface area (Å²) >= 11 is 1.87. The predicted molar refractivity (Wildman–Crippen MR) is 88.9 cm³/mol.